The maximum absolute atomic E-state index is 5.59. The lowest BCUT2D eigenvalue weighted by molar-refractivity contribution is 1.16. The van der Waals surface area contributed by atoms with Crippen LogP contribution in [-0.4, -0.2) is 23.7 Å². The smallest absolute Gasteiger partial charge is 0.160 e. The van der Waals surface area contributed by atoms with Gasteiger partial charge in [-0.05, 0) is 152 Å². The summed E-state index contributed by atoms with van der Waals surface area (Å²) in [5, 5.41) is 7.20. The molecule has 5 nitrogen and oxygen atoms in total. The molecule has 91 heavy (non-hydrogen) atoms. The maximum Gasteiger partial charge on any atom is 0.160 e. The summed E-state index contributed by atoms with van der Waals surface area (Å²) in [5.41, 5.74) is 28.5. The monoisotopic (exact) mass is 1160 g/mol. The molecule has 17 rings (SSSR count). The largest absolute Gasteiger partial charge is 0.309 e. The van der Waals surface area contributed by atoms with Crippen molar-refractivity contribution in [1.82, 2.24) is 23.7 Å². The van der Waals surface area contributed by atoms with Crippen molar-refractivity contribution in [2.45, 2.75) is 27.7 Å². The highest BCUT2D eigenvalue weighted by atomic mass is 15.0. The molecule has 0 atom stereocenters. The summed E-state index contributed by atoms with van der Waals surface area (Å²) in [4.78, 5) is 11.2. The van der Waals surface area contributed by atoms with Crippen LogP contribution in [0.3, 0.4) is 0 Å². The van der Waals surface area contributed by atoms with E-state index in [-0.39, 0.29) is 0 Å². The van der Waals surface area contributed by atoms with Crippen molar-refractivity contribution in [1.29, 1.82) is 0 Å². The van der Waals surface area contributed by atoms with Crippen molar-refractivity contribution in [2.75, 3.05) is 0 Å². The molecular formula is C86H61N5. The van der Waals surface area contributed by atoms with Gasteiger partial charge in [-0.1, -0.05) is 229 Å². The van der Waals surface area contributed by atoms with E-state index >= 15 is 0 Å². The topological polar surface area (TPSA) is 40.6 Å². The second-order valence-corrected chi connectivity index (χ2v) is 24.5. The van der Waals surface area contributed by atoms with Crippen LogP contribution in [0.1, 0.15) is 22.3 Å². The first-order valence-electron chi connectivity index (χ1n) is 31.4. The quantitative estimate of drug-likeness (QED) is 0.137. The van der Waals surface area contributed by atoms with Gasteiger partial charge >= 0.3 is 0 Å². The lowest BCUT2D eigenvalue weighted by Gasteiger charge is -2.22. The van der Waals surface area contributed by atoms with E-state index in [2.05, 4.69) is 339 Å². The van der Waals surface area contributed by atoms with E-state index in [0.29, 0.717) is 5.82 Å². The molecule has 13 aromatic carbocycles. The van der Waals surface area contributed by atoms with Crippen molar-refractivity contribution in [3.63, 3.8) is 0 Å². The average molecular weight is 1160 g/mol. The Morgan fingerprint density at radius 2 is 0.571 bits per heavy atom. The number of hydrogen-bond donors (Lipinski definition) is 0. The van der Waals surface area contributed by atoms with Gasteiger partial charge in [0.05, 0.1) is 50.2 Å². The third kappa shape index (κ3) is 9.24. The Morgan fingerprint density at radius 1 is 0.220 bits per heavy atom. The zero-order chi connectivity index (χ0) is 60.8. The third-order valence-corrected chi connectivity index (χ3v) is 18.3. The molecule has 4 aromatic heterocycles. The van der Waals surface area contributed by atoms with Gasteiger partial charge in [-0.2, -0.15) is 0 Å². The minimum Gasteiger partial charge on any atom is -0.309 e. The van der Waals surface area contributed by atoms with Gasteiger partial charge in [0.1, 0.15) is 0 Å². The van der Waals surface area contributed by atoms with E-state index in [1.54, 1.807) is 0 Å². The molecule has 0 aliphatic carbocycles. The Morgan fingerprint density at radius 3 is 0.967 bits per heavy atom. The van der Waals surface area contributed by atoms with Gasteiger partial charge < -0.3 is 13.7 Å². The van der Waals surface area contributed by atoms with Crippen LogP contribution in [0.25, 0.3) is 161 Å². The van der Waals surface area contributed by atoms with E-state index in [1.807, 2.05) is 0 Å². The molecule has 0 radical (unpaired) electrons. The highest BCUT2D eigenvalue weighted by Gasteiger charge is 2.26. The summed E-state index contributed by atoms with van der Waals surface area (Å²) in [6.45, 7) is 8.78. The molecule has 5 heteroatoms. The number of para-hydroxylation sites is 4. The summed E-state index contributed by atoms with van der Waals surface area (Å²) < 4.78 is 7.42. The van der Waals surface area contributed by atoms with Crippen molar-refractivity contribution < 1.29 is 0 Å². The van der Waals surface area contributed by atoms with Crippen LogP contribution in [0.4, 0.5) is 0 Å². The Labute approximate surface area is 528 Å². The Balaban J connectivity index is 1.02. The molecule has 0 spiro atoms. The molecule has 430 valence electrons. The summed E-state index contributed by atoms with van der Waals surface area (Å²) in [6.07, 6.45) is 0. The number of aromatic nitrogens is 5. The van der Waals surface area contributed by atoms with Crippen LogP contribution < -0.4 is 0 Å². The molecule has 0 unspecified atom stereocenters. The minimum absolute atomic E-state index is 0.629. The number of benzene rings is 13. The lowest BCUT2D eigenvalue weighted by Crippen LogP contribution is -2.04. The average Bonchev–Trinajstić information content (AvgIpc) is 1.65. The van der Waals surface area contributed by atoms with Gasteiger partial charge in [-0.15, -0.1) is 0 Å². The first-order valence-corrected chi connectivity index (χ1v) is 31.4. The molecule has 17 aromatic rings. The molecule has 0 amide bonds. The second kappa shape index (κ2) is 21.6. The molecule has 0 bridgehead atoms. The molecule has 0 fully saturated rings. The normalized spacial score (nSPS) is 11.7. The van der Waals surface area contributed by atoms with E-state index in [4.69, 9.17) is 9.97 Å². The zero-order valence-electron chi connectivity index (χ0n) is 51.0. The first-order chi connectivity index (χ1) is 44.7. The van der Waals surface area contributed by atoms with Gasteiger partial charge in [-0.25, -0.2) is 9.97 Å². The fourth-order valence-electron chi connectivity index (χ4n) is 14.5. The number of nitrogens with zero attached hydrogens (tertiary/aromatic N) is 5. The van der Waals surface area contributed by atoms with Gasteiger partial charge in [-0.3, -0.25) is 0 Å². The first kappa shape index (κ1) is 53.6. The van der Waals surface area contributed by atoms with Crippen LogP contribution >= 0.6 is 0 Å². The molecule has 0 N–H and O–H groups in total. The summed E-state index contributed by atoms with van der Waals surface area (Å²) in [7, 11) is 0. The third-order valence-electron chi connectivity index (χ3n) is 18.3. The van der Waals surface area contributed by atoms with E-state index < -0.39 is 0 Å². The lowest BCUT2D eigenvalue weighted by atomic mass is 9.91. The second-order valence-electron chi connectivity index (χ2n) is 24.5. The van der Waals surface area contributed by atoms with Gasteiger partial charge in [0.2, 0.25) is 0 Å². The van der Waals surface area contributed by atoms with Crippen LogP contribution in [0.5, 0.6) is 0 Å². The number of aryl methyl sites for hydroxylation is 4. The van der Waals surface area contributed by atoms with E-state index in [0.717, 1.165) is 100 Å². The van der Waals surface area contributed by atoms with Gasteiger partial charge in [0, 0.05) is 71.5 Å². The molecule has 4 heterocycles. The summed E-state index contributed by atoms with van der Waals surface area (Å²) in [5.74, 6) is 0.629. The predicted octanol–water partition coefficient (Wildman–Crippen LogP) is 22.7. The van der Waals surface area contributed by atoms with Crippen LogP contribution in [0.2, 0.25) is 0 Å². The van der Waals surface area contributed by atoms with Gasteiger partial charge in [0.25, 0.3) is 0 Å². The summed E-state index contributed by atoms with van der Waals surface area (Å²) in [6, 6.07) is 109. The molecule has 0 saturated carbocycles. The van der Waals surface area contributed by atoms with Crippen molar-refractivity contribution >= 4 is 65.4 Å². The standard InChI is InChI=1S/C86H61N5/c1-54-41-55(2)44-64(43-54)60-37-39-83-75(49-60)76-50-61(65-45-56(3)42-57(4)46-65)38-40-84(76)91(83)85-73(62-25-19-27-67(47-62)89-79-33-15-11-29-69(79)70-30-12-16-34-80(70)89)51-66(86-87-77(58-21-7-5-8-22-58)53-78(88-86)59-23-9-6-10-24-59)52-74(85)63-26-20-28-68(48-63)90-81-35-17-13-31-71(81)72-32-14-18-36-82(72)90/h5-53H,1-4H3. The number of fused-ring (bicyclic) bond motifs is 9. The molecule has 0 saturated heterocycles. The molecule has 0 aliphatic heterocycles. The predicted molar refractivity (Wildman–Crippen MR) is 382 cm³/mol. The van der Waals surface area contributed by atoms with Crippen molar-refractivity contribution in [2.24, 2.45) is 0 Å². The van der Waals surface area contributed by atoms with Crippen molar-refractivity contribution in [3.8, 4) is 95.5 Å². The van der Waals surface area contributed by atoms with Gasteiger partial charge in [0.15, 0.2) is 5.82 Å². The fourth-order valence-corrected chi connectivity index (χ4v) is 14.5. The zero-order valence-corrected chi connectivity index (χ0v) is 51.0. The molecular weight excluding hydrogens is 1100 g/mol. The minimum atomic E-state index is 0.629. The van der Waals surface area contributed by atoms with Crippen LogP contribution in [0, 0.1) is 27.7 Å². The SMILES string of the molecule is Cc1cc(C)cc(-c2ccc3c(c2)c2cc(-c4cc(C)cc(C)c4)ccc2n3-c2c(-c3cccc(-n4c5ccccc5c5ccccc54)c3)cc(-c3nc(-c4ccccc4)cc(-c4ccccc4)n3)cc2-c2cccc(-n3c4ccccc4c4ccccc43)c2)c1. The Bertz CT molecular complexity index is 5270. The Kier molecular flexibility index (Phi) is 12.7. The molecule has 0 aliphatic rings. The van der Waals surface area contributed by atoms with E-state index in [1.165, 1.54) is 76.8 Å². The van der Waals surface area contributed by atoms with Crippen LogP contribution in [0.15, 0.2) is 297 Å². The number of rotatable bonds is 10. The van der Waals surface area contributed by atoms with Crippen molar-refractivity contribution in [3.05, 3.63) is 320 Å². The summed E-state index contributed by atoms with van der Waals surface area (Å²) >= 11 is 0. The maximum atomic E-state index is 5.59. The Hall–Kier alpha value is -11.7. The highest BCUT2D eigenvalue weighted by molar-refractivity contribution is 6.14. The van der Waals surface area contributed by atoms with Crippen LogP contribution in [-0.2, 0) is 0 Å². The highest BCUT2D eigenvalue weighted by Crippen LogP contribution is 2.47. The fraction of sp³-hybridized carbons (Fsp3) is 0.0465. The number of hydrogen-bond acceptors (Lipinski definition) is 2. The van der Waals surface area contributed by atoms with E-state index in [9.17, 15) is 0 Å².